The third-order valence-electron chi connectivity index (χ3n) is 5.45. The summed E-state index contributed by atoms with van der Waals surface area (Å²) < 4.78 is 11.0. The molecule has 146 valence electrons. The minimum absolute atomic E-state index is 0.276. The Hall–Kier alpha value is -2.79. The Morgan fingerprint density at radius 2 is 1.79 bits per heavy atom. The highest BCUT2D eigenvalue weighted by Crippen LogP contribution is 2.29. The number of anilines is 1. The van der Waals surface area contributed by atoms with Crippen LogP contribution in [0.5, 0.6) is 5.75 Å². The number of hydrogen-bond acceptors (Lipinski definition) is 5. The van der Waals surface area contributed by atoms with Crippen LogP contribution < -0.4 is 15.3 Å². The maximum absolute atomic E-state index is 12.1. The van der Waals surface area contributed by atoms with E-state index in [-0.39, 0.29) is 5.63 Å². The van der Waals surface area contributed by atoms with E-state index in [1.807, 2.05) is 25.1 Å². The SMILES string of the molecule is COc1ccccc1N1CCN(Cc2cc(=O)oc3c(C)cc(C)cc23)CC1. The van der Waals surface area contributed by atoms with Crippen molar-refractivity contribution in [2.24, 2.45) is 0 Å². The number of ether oxygens (including phenoxy) is 1. The topological polar surface area (TPSA) is 45.9 Å². The molecule has 0 bridgehead atoms. The molecule has 28 heavy (non-hydrogen) atoms. The lowest BCUT2D eigenvalue weighted by molar-refractivity contribution is 0.249. The second-order valence-electron chi connectivity index (χ2n) is 7.48. The van der Waals surface area contributed by atoms with Crippen LogP contribution in [0.4, 0.5) is 5.69 Å². The summed E-state index contributed by atoms with van der Waals surface area (Å²) in [5.74, 6) is 0.911. The van der Waals surface area contributed by atoms with Crippen molar-refractivity contribution in [2.45, 2.75) is 20.4 Å². The molecule has 1 fully saturated rings. The first-order valence-corrected chi connectivity index (χ1v) is 9.69. The van der Waals surface area contributed by atoms with Crippen LogP contribution in [0.2, 0.25) is 0 Å². The van der Waals surface area contributed by atoms with Gasteiger partial charge in [-0.2, -0.15) is 0 Å². The number of fused-ring (bicyclic) bond motifs is 1. The molecule has 0 atom stereocenters. The van der Waals surface area contributed by atoms with Gasteiger partial charge in [0.25, 0.3) is 0 Å². The molecule has 0 amide bonds. The first kappa shape index (κ1) is 18.6. The Morgan fingerprint density at radius 1 is 1.04 bits per heavy atom. The quantitative estimate of drug-likeness (QED) is 0.647. The highest BCUT2D eigenvalue weighted by Gasteiger charge is 2.20. The van der Waals surface area contributed by atoms with Gasteiger partial charge in [0.1, 0.15) is 11.3 Å². The zero-order valence-corrected chi connectivity index (χ0v) is 16.7. The minimum atomic E-state index is -0.276. The monoisotopic (exact) mass is 378 g/mol. The van der Waals surface area contributed by atoms with Crippen LogP contribution >= 0.6 is 0 Å². The predicted octanol–water partition coefficient (Wildman–Crippen LogP) is 3.74. The summed E-state index contributed by atoms with van der Waals surface area (Å²) in [5.41, 5.74) is 4.81. The molecule has 2 heterocycles. The maximum atomic E-state index is 12.1. The molecule has 0 aliphatic carbocycles. The average molecular weight is 378 g/mol. The highest BCUT2D eigenvalue weighted by atomic mass is 16.5. The Morgan fingerprint density at radius 3 is 2.54 bits per heavy atom. The highest BCUT2D eigenvalue weighted by molar-refractivity contribution is 5.83. The molecule has 0 N–H and O–H groups in total. The smallest absolute Gasteiger partial charge is 0.336 e. The summed E-state index contributed by atoms with van der Waals surface area (Å²) >= 11 is 0. The van der Waals surface area contributed by atoms with Gasteiger partial charge < -0.3 is 14.1 Å². The molecule has 4 rings (SSSR count). The van der Waals surface area contributed by atoms with Crippen LogP contribution in [0.25, 0.3) is 11.0 Å². The summed E-state index contributed by atoms with van der Waals surface area (Å²) in [7, 11) is 1.71. The van der Waals surface area contributed by atoms with Crippen molar-refractivity contribution in [1.82, 2.24) is 4.90 Å². The second kappa shape index (κ2) is 7.68. The Labute approximate surface area is 165 Å². The summed E-state index contributed by atoms with van der Waals surface area (Å²) in [6.07, 6.45) is 0. The molecule has 0 saturated carbocycles. The largest absolute Gasteiger partial charge is 0.495 e. The van der Waals surface area contributed by atoms with Crippen molar-refractivity contribution < 1.29 is 9.15 Å². The molecule has 1 aromatic heterocycles. The van der Waals surface area contributed by atoms with Gasteiger partial charge in [0, 0.05) is 44.2 Å². The van der Waals surface area contributed by atoms with E-state index in [1.54, 1.807) is 13.2 Å². The van der Waals surface area contributed by atoms with Gasteiger partial charge in [-0.25, -0.2) is 4.79 Å². The summed E-state index contributed by atoms with van der Waals surface area (Å²) in [6, 6.07) is 14.0. The van der Waals surface area contributed by atoms with E-state index < -0.39 is 0 Å². The fraction of sp³-hybridized carbons (Fsp3) is 0.348. The van der Waals surface area contributed by atoms with E-state index in [4.69, 9.17) is 9.15 Å². The molecule has 1 aliphatic rings. The molecule has 3 aromatic rings. The van der Waals surface area contributed by atoms with Crippen molar-refractivity contribution >= 4 is 16.7 Å². The third kappa shape index (κ3) is 3.62. The zero-order chi connectivity index (χ0) is 19.7. The van der Waals surface area contributed by atoms with E-state index in [2.05, 4.69) is 34.9 Å². The van der Waals surface area contributed by atoms with Gasteiger partial charge in [0.2, 0.25) is 0 Å². The van der Waals surface area contributed by atoms with Crippen LogP contribution in [0.1, 0.15) is 16.7 Å². The van der Waals surface area contributed by atoms with Gasteiger partial charge in [0.15, 0.2) is 0 Å². The third-order valence-corrected chi connectivity index (χ3v) is 5.45. The standard InChI is InChI=1S/C23H26N2O3/c1-16-12-17(2)23-19(13-16)18(14-22(26)28-23)15-24-8-10-25(11-9-24)20-6-4-5-7-21(20)27-3/h4-7,12-14H,8-11,15H2,1-3H3. The molecule has 5 nitrogen and oxygen atoms in total. The van der Waals surface area contributed by atoms with Crippen molar-refractivity contribution in [1.29, 1.82) is 0 Å². The first-order chi connectivity index (χ1) is 13.5. The number of hydrogen-bond donors (Lipinski definition) is 0. The van der Waals surface area contributed by atoms with Crippen LogP contribution in [-0.2, 0) is 6.54 Å². The van der Waals surface area contributed by atoms with Gasteiger partial charge in [-0.15, -0.1) is 0 Å². The molecule has 1 aliphatic heterocycles. The lowest BCUT2D eigenvalue weighted by atomic mass is 10.0. The molecule has 2 aromatic carbocycles. The van der Waals surface area contributed by atoms with Crippen molar-refractivity contribution in [3.63, 3.8) is 0 Å². The van der Waals surface area contributed by atoms with Crippen molar-refractivity contribution in [3.05, 3.63) is 69.6 Å². The number of para-hydroxylation sites is 2. The normalized spacial score (nSPS) is 15.2. The Kier molecular flexibility index (Phi) is 5.09. The summed E-state index contributed by atoms with van der Waals surface area (Å²) in [5, 5.41) is 1.05. The lowest BCUT2D eigenvalue weighted by Crippen LogP contribution is -2.46. The summed E-state index contributed by atoms with van der Waals surface area (Å²) in [4.78, 5) is 16.8. The molecule has 0 radical (unpaired) electrons. The van der Waals surface area contributed by atoms with E-state index in [1.165, 1.54) is 5.56 Å². The number of piperazine rings is 1. The number of aryl methyl sites for hydroxylation is 2. The maximum Gasteiger partial charge on any atom is 0.336 e. The molecule has 0 unspecified atom stereocenters. The van der Waals surface area contributed by atoms with E-state index >= 15 is 0 Å². The van der Waals surface area contributed by atoms with Gasteiger partial charge in [-0.05, 0) is 48.7 Å². The van der Waals surface area contributed by atoms with Gasteiger partial charge in [-0.3, -0.25) is 4.90 Å². The Bertz CT molecular complexity index is 1050. The zero-order valence-electron chi connectivity index (χ0n) is 16.7. The van der Waals surface area contributed by atoms with Gasteiger partial charge in [-0.1, -0.05) is 18.2 Å². The molecular formula is C23H26N2O3. The number of nitrogens with zero attached hydrogens (tertiary/aromatic N) is 2. The number of rotatable bonds is 4. The molecule has 0 spiro atoms. The fourth-order valence-electron chi connectivity index (χ4n) is 4.09. The second-order valence-corrected chi connectivity index (χ2v) is 7.48. The minimum Gasteiger partial charge on any atom is -0.495 e. The first-order valence-electron chi connectivity index (χ1n) is 9.69. The average Bonchev–Trinajstić information content (AvgIpc) is 2.69. The fourth-order valence-corrected chi connectivity index (χ4v) is 4.09. The molecule has 1 saturated heterocycles. The summed E-state index contributed by atoms with van der Waals surface area (Å²) in [6.45, 7) is 8.55. The number of methoxy groups -OCH3 is 1. The molecule has 5 heteroatoms. The van der Waals surface area contributed by atoms with Crippen LogP contribution in [0.3, 0.4) is 0 Å². The van der Waals surface area contributed by atoms with Crippen molar-refractivity contribution in [2.75, 3.05) is 38.2 Å². The lowest BCUT2D eigenvalue weighted by Gasteiger charge is -2.36. The van der Waals surface area contributed by atoms with Gasteiger partial charge >= 0.3 is 5.63 Å². The number of benzene rings is 2. The predicted molar refractivity (Wildman–Crippen MR) is 112 cm³/mol. The van der Waals surface area contributed by atoms with E-state index in [0.717, 1.165) is 60.7 Å². The van der Waals surface area contributed by atoms with E-state index in [0.29, 0.717) is 5.58 Å². The van der Waals surface area contributed by atoms with Crippen LogP contribution in [-0.4, -0.2) is 38.2 Å². The molecular weight excluding hydrogens is 352 g/mol. The van der Waals surface area contributed by atoms with E-state index in [9.17, 15) is 4.79 Å². The Balaban J connectivity index is 1.53. The van der Waals surface area contributed by atoms with Gasteiger partial charge in [0.05, 0.1) is 12.8 Å². The van der Waals surface area contributed by atoms with Crippen molar-refractivity contribution in [3.8, 4) is 5.75 Å². The van der Waals surface area contributed by atoms with Crippen LogP contribution in [0.15, 0.2) is 51.7 Å². The van der Waals surface area contributed by atoms with Crippen LogP contribution in [0, 0.1) is 13.8 Å².